The molecule has 0 spiro atoms. The second kappa shape index (κ2) is 10.8. The van der Waals surface area contributed by atoms with Crippen molar-refractivity contribution in [1.29, 1.82) is 0 Å². The standard InChI is InChI=1S/C27H23F4N5O4/c1-3-10-39-15-8-9-16(18(11-15)27(29,30)31)20-12-23(40-35-20)24(26(37)38-2)36-14-22-21(13-32-36)33-25(34-22)17-6-4-5-7-19(17)28/h4-9,11-13,24H,3,10,14H2,1-2H3,(H,33,34). The molecule has 1 N–H and O–H groups in total. The maximum Gasteiger partial charge on any atom is 0.417 e. The van der Waals surface area contributed by atoms with Gasteiger partial charge in [-0.3, -0.25) is 5.01 Å². The number of hydrogen-bond acceptors (Lipinski definition) is 8. The van der Waals surface area contributed by atoms with E-state index < -0.39 is 29.6 Å². The number of aromatic amines is 1. The van der Waals surface area contributed by atoms with Gasteiger partial charge in [0.1, 0.15) is 28.8 Å². The normalized spacial score (nSPS) is 13.7. The van der Waals surface area contributed by atoms with Gasteiger partial charge in [-0.15, -0.1) is 0 Å². The molecule has 0 aliphatic carbocycles. The number of esters is 1. The van der Waals surface area contributed by atoms with Gasteiger partial charge < -0.3 is 19.0 Å². The number of hydrogen-bond donors (Lipinski definition) is 1. The Hall–Kier alpha value is -4.68. The van der Waals surface area contributed by atoms with Crippen molar-refractivity contribution in [2.75, 3.05) is 13.7 Å². The van der Waals surface area contributed by atoms with E-state index in [4.69, 9.17) is 14.0 Å². The van der Waals surface area contributed by atoms with Crippen LogP contribution in [0.2, 0.25) is 0 Å². The van der Waals surface area contributed by atoms with E-state index in [1.54, 1.807) is 18.2 Å². The number of ether oxygens (including phenoxy) is 2. The van der Waals surface area contributed by atoms with Crippen molar-refractivity contribution in [2.24, 2.45) is 5.10 Å². The monoisotopic (exact) mass is 557 g/mol. The number of halogens is 4. The van der Waals surface area contributed by atoms with Gasteiger partial charge in [0, 0.05) is 11.6 Å². The van der Waals surface area contributed by atoms with Gasteiger partial charge in [0.05, 0.1) is 43.3 Å². The second-order valence-corrected chi connectivity index (χ2v) is 8.87. The highest BCUT2D eigenvalue weighted by Gasteiger charge is 2.38. The molecule has 13 heteroatoms. The van der Waals surface area contributed by atoms with E-state index in [0.29, 0.717) is 17.8 Å². The quantitative estimate of drug-likeness (QED) is 0.218. The van der Waals surface area contributed by atoms with E-state index in [2.05, 4.69) is 20.2 Å². The van der Waals surface area contributed by atoms with Crippen LogP contribution in [0.15, 0.2) is 58.2 Å². The summed E-state index contributed by atoms with van der Waals surface area (Å²) in [6.07, 6.45) is -2.69. The third-order valence-corrected chi connectivity index (χ3v) is 6.15. The first-order valence-corrected chi connectivity index (χ1v) is 12.2. The highest BCUT2D eigenvalue weighted by Crippen LogP contribution is 2.40. The fraction of sp³-hybridized carbons (Fsp3) is 0.259. The fourth-order valence-corrected chi connectivity index (χ4v) is 4.25. The minimum atomic E-state index is -4.70. The highest BCUT2D eigenvalue weighted by molar-refractivity contribution is 5.82. The molecule has 1 aliphatic heterocycles. The third-order valence-electron chi connectivity index (χ3n) is 6.15. The van der Waals surface area contributed by atoms with Gasteiger partial charge in [-0.05, 0) is 36.8 Å². The zero-order valence-corrected chi connectivity index (χ0v) is 21.3. The first-order chi connectivity index (χ1) is 19.2. The molecule has 5 rings (SSSR count). The zero-order valence-electron chi connectivity index (χ0n) is 21.3. The predicted molar refractivity (Wildman–Crippen MR) is 135 cm³/mol. The molecule has 2 aromatic heterocycles. The number of nitrogens with zero attached hydrogens (tertiary/aromatic N) is 4. The van der Waals surface area contributed by atoms with Crippen molar-refractivity contribution in [3.63, 3.8) is 0 Å². The number of rotatable bonds is 8. The Balaban J connectivity index is 1.46. The van der Waals surface area contributed by atoms with Crippen molar-refractivity contribution in [2.45, 2.75) is 32.1 Å². The number of alkyl halides is 3. The van der Waals surface area contributed by atoms with Gasteiger partial charge in [-0.1, -0.05) is 24.2 Å². The molecular formula is C27H23F4N5O4. The number of aromatic nitrogens is 3. The van der Waals surface area contributed by atoms with Crippen molar-refractivity contribution in [3.8, 4) is 28.4 Å². The first kappa shape index (κ1) is 26.9. The van der Waals surface area contributed by atoms with Gasteiger partial charge in [0.15, 0.2) is 5.76 Å². The topological polar surface area (TPSA) is 106 Å². The number of fused-ring (bicyclic) bond motifs is 1. The predicted octanol–water partition coefficient (Wildman–Crippen LogP) is 5.74. The Morgan fingerprint density at radius 3 is 2.70 bits per heavy atom. The van der Waals surface area contributed by atoms with Crippen molar-refractivity contribution < 1.29 is 36.4 Å². The average molecular weight is 558 g/mol. The fourth-order valence-electron chi connectivity index (χ4n) is 4.25. The SMILES string of the molecule is CCCOc1ccc(-c2cc(C(C(=O)OC)N3Cc4[nH]c(-c5ccccc5F)nc4C=N3)on2)c(C(F)(F)F)c1. The lowest BCUT2D eigenvalue weighted by Crippen LogP contribution is -2.32. The van der Waals surface area contributed by atoms with Crippen LogP contribution in [-0.4, -0.2) is 46.0 Å². The van der Waals surface area contributed by atoms with Gasteiger partial charge in [-0.25, -0.2) is 14.2 Å². The lowest BCUT2D eigenvalue weighted by molar-refractivity contribution is -0.148. The van der Waals surface area contributed by atoms with Crippen LogP contribution in [0.5, 0.6) is 5.75 Å². The van der Waals surface area contributed by atoms with E-state index >= 15 is 0 Å². The smallest absolute Gasteiger partial charge is 0.417 e. The molecule has 1 unspecified atom stereocenters. The van der Waals surface area contributed by atoms with Gasteiger partial charge in [-0.2, -0.15) is 18.3 Å². The molecule has 0 saturated heterocycles. The number of hydrazone groups is 1. The van der Waals surface area contributed by atoms with Crippen LogP contribution in [0, 0.1) is 5.82 Å². The van der Waals surface area contributed by atoms with Crippen LogP contribution in [0.25, 0.3) is 22.6 Å². The molecule has 208 valence electrons. The maximum atomic E-state index is 14.3. The summed E-state index contributed by atoms with van der Waals surface area (Å²) in [7, 11) is 1.16. The molecule has 1 aliphatic rings. The zero-order chi connectivity index (χ0) is 28.4. The minimum Gasteiger partial charge on any atom is -0.494 e. The molecule has 0 fully saturated rings. The third kappa shape index (κ3) is 5.26. The molecule has 9 nitrogen and oxygen atoms in total. The van der Waals surface area contributed by atoms with E-state index in [1.165, 1.54) is 35.5 Å². The summed E-state index contributed by atoms with van der Waals surface area (Å²) in [6, 6.07) is 9.62. The Labute approximate surface area is 225 Å². The van der Waals surface area contributed by atoms with E-state index in [9.17, 15) is 22.4 Å². The number of carbonyl (C=O) groups excluding carboxylic acids is 1. The van der Waals surface area contributed by atoms with Crippen molar-refractivity contribution in [1.82, 2.24) is 20.1 Å². The molecule has 0 radical (unpaired) electrons. The average Bonchev–Trinajstić information content (AvgIpc) is 3.59. The second-order valence-electron chi connectivity index (χ2n) is 8.87. The molecule has 4 aromatic rings. The highest BCUT2D eigenvalue weighted by atomic mass is 19.4. The molecule has 0 amide bonds. The van der Waals surface area contributed by atoms with Crippen molar-refractivity contribution in [3.05, 3.63) is 77.1 Å². The summed E-state index contributed by atoms with van der Waals surface area (Å²) in [5.74, 6) is -0.986. The Morgan fingerprint density at radius 2 is 1.98 bits per heavy atom. The number of carbonyl (C=O) groups is 1. The largest absolute Gasteiger partial charge is 0.494 e. The number of methoxy groups -OCH3 is 1. The summed E-state index contributed by atoms with van der Waals surface area (Å²) < 4.78 is 71.7. The van der Waals surface area contributed by atoms with Gasteiger partial charge in [0.2, 0.25) is 6.04 Å². The summed E-state index contributed by atoms with van der Waals surface area (Å²) in [5.41, 5.74) is -0.117. The number of nitrogens with one attached hydrogen (secondary N) is 1. The Morgan fingerprint density at radius 1 is 1.18 bits per heavy atom. The summed E-state index contributed by atoms with van der Waals surface area (Å²) in [5, 5.41) is 9.40. The van der Waals surface area contributed by atoms with E-state index in [0.717, 1.165) is 13.2 Å². The number of benzene rings is 2. The van der Waals surface area contributed by atoms with Gasteiger partial charge in [0.25, 0.3) is 0 Å². The molecule has 0 saturated carbocycles. The summed E-state index contributed by atoms with van der Waals surface area (Å²) >= 11 is 0. The van der Waals surface area contributed by atoms with Crippen molar-refractivity contribution >= 4 is 12.2 Å². The van der Waals surface area contributed by atoms with Gasteiger partial charge >= 0.3 is 12.1 Å². The number of H-pyrrole nitrogens is 1. The summed E-state index contributed by atoms with van der Waals surface area (Å²) in [4.78, 5) is 20.2. The Kier molecular flexibility index (Phi) is 7.28. The molecule has 3 heterocycles. The van der Waals surface area contributed by atoms with E-state index in [-0.39, 0.29) is 47.3 Å². The molecule has 40 heavy (non-hydrogen) atoms. The first-order valence-electron chi connectivity index (χ1n) is 12.2. The molecule has 0 bridgehead atoms. The Bertz CT molecular complexity index is 1560. The van der Waals surface area contributed by atoms with E-state index in [1.807, 2.05) is 6.92 Å². The van der Waals surface area contributed by atoms with Crippen LogP contribution in [0.4, 0.5) is 17.6 Å². The maximum absolute atomic E-state index is 14.3. The summed E-state index contributed by atoms with van der Waals surface area (Å²) in [6.45, 7) is 2.12. The van der Waals surface area contributed by atoms with Crippen LogP contribution < -0.4 is 4.74 Å². The molecule has 2 aromatic carbocycles. The molecular weight excluding hydrogens is 534 g/mol. The van der Waals surface area contributed by atoms with Crippen LogP contribution in [0.1, 0.15) is 42.1 Å². The molecule has 1 atom stereocenters. The van der Waals surface area contributed by atoms with Crippen LogP contribution in [0.3, 0.4) is 0 Å². The number of imidazole rings is 1. The lowest BCUT2D eigenvalue weighted by Gasteiger charge is -2.26. The minimum absolute atomic E-state index is 0.0142. The van der Waals surface area contributed by atoms with Crippen LogP contribution >= 0.6 is 0 Å². The van der Waals surface area contributed by atoms with Crippen LogP contribution in [-0.2, 0) is 22.3 Å². The lowest BCUT2D eigenvalue weighted by atomic mass is 10.0.